The summed E-state index contributed by atoms with van der Waals surface area (Å²) < 4.78 is 22.1. The van der Waals surface area contributed by atoms with Gasteiger partial charge in [-0.2, -0.15) is 0 Å². The van der Waals surface area contributed by atoms with Crippen LogP contribution in [0.1, 0.15) is 79.3 Å². The fraction of sp³-hybridized carbons (Fsp3) is 0.400. The Hall–Kier alpha value is -5.49. The molecule has 4 atom stereocenters. The van der Waals surface area contributed by atoms with Crippen LogP contribution in [0.3, 0.4) is 0 Å². The molecule has 1 N–H and O–H groups in total. The maximum Gasteiger partial charge on any atom is 0.243 e. The number of rotatable bonds is 14. The molecular weight excluding hydrogens is 770 g/mol. The van der Waals surface area contributed by atoms with Gasteiger partial charge in [0.1, 0.15) is 24.2 Å². The predicted octanol–water partition coefficient (Wildman–Crippen LogP) is 6.68. The van der Waals surface area contributed by atoms with Crippen molar-refractivity contribution >= 4 is 40.7 Å². The van der Waals surface area contributed by atoms with Crippen LogP contribution in [0.4, 0.5) is 10.1 Å². The number of ketones is 1. The minimum absolute atomic E-state index is 0.146. The number of carbonyl (C=O) groups excluding carboxylic acids is 4. The number of likely N-dealkylation sites (tertiary alicyclic amines) is 1. The van der Waals surface area contributed by atoms with Crippen LogP contribution < -0.4 is 15.0 Å². The summed E-state index contributed by atoms with van der Waals surface area (Å²) in [6, 6.07) is 31.9. The first-order valence-corrected chi connectivity index (χ1v) is 22.0. The number of allylic oxidation sites excluding steroid dienone is 1. The van der Waals surface area contributed by atoms with Crippen molar-refractivity contribution in [3.63, 3.8) is 0 Å². The molecule has 0 aliphatic carbocycles. The minimum atomic E-state index is -0.980. The normalized spacial score (nSPS) is 23.8. The van der Waals surface area contributed by atoms with E-state index in [0.29, 0.717) is 54.5 Å². The van der Waals surface area contributed by atoms with Gasteiger partial charge < -0.3 is 9.64 Å². The van der Waals surface area contributed by atoms with Crippen molar-refractivity contribution in [1.82, 2.24) is 20.0 Å². The summed E-state index contributed by atoms with van der Waals surface area (Å²) in [5.41, 5.74) is 7.80. The molecule has 4 aromatic rings. The number of halogens is 1. The van der Waals surface area contributed by atoms with E-state index in [-0.39, 0.29) is 37.4 Å². The van der Waals surface area contributed by atoms with Crippen LogP contribution in [-0.4, -0.2) is 103 Å². The van der Waals surface area contributed by atoms with E-state index in [0.717, 1.165) is 57.6 Å². The molecule has 4 unspecified atom stereocenters. The molecule has 5 saturated heterocycles. The van der Waals surface area contributed by atoms with Crippen molar-refractivity contribution in [2.75, 3.05) is 50.8 Å². The van der Waals surface area contributed by atoms with Gasteiger partial charge in [-0.3, -0.25) is 39.2 Å². The average molecular weight is 824 g/mol. The van der Waals surface area contributed by atoms with E-state index in [1.807, 2.05) is 0 Å². The number of Topliss-reactive ketones (excluding diaryl/α,β-unsaturated/α-hetero) is 1. The van der Waals surface area contributed by atoms with Crippen LogP contribution in [0.15, 0.2) is 97.1 Å². The van der Waals surface area contributed by atoms with E-state index < -0.39 is 23.8 Å². The van der Waals surface area contributed by atoms with E-state index >= 15 is 4.39 Å². The molecule has 6 aliphatic rings. The Bertz CT molecular complexity index is 2280. The van der Waals surface area contributed by atoms with Crippen molar-refractivity contribution in [2.45, 2.75) is 76.2 Å². The highest BCUT2D eigenvalue weighted by atomic mass is 19.1. The molecule has 5 fully saturated rings. The number of carbonyl (C=O) groups is 4. The topological polar surface area (TPSA) is 102 Å². The van der Waals surface area contributed by atoms with Crippen molar-refractivity contribution in [2.24, 2.45) is 5.92 Å². The molecular formula is C50H54FN5O5. The number of nitrogens with one attached hydrogen (secondary N) is 1. The smallest absolute Gasteiger partial charge is 0.243 e. The van der Waals surface area contributed by atoms with E-state index in [1.165, 1.54) is 33.9 Å². The third-order valence-corrected chi connectivity index (χ3v) is 13.7. The van der Waals surface area contributed by atoms with Gasteiger partial charge in [0.05, 0.1) is 11.7 Å². The van der Waals surface area contributed by atoms with Gasteiger partial charge in [0.2, 0.25) is 17.6 Å². The lowest BCUT2D eigenvalue weighted by atomic mass is 9.84. The number of piperazine rings is 1. The van der Waals surface area contributed by atoms with Gasteiger partial charge in [0.15, 0.2) is 6.29 Å². The van der Waals surface area contributed by atoms with E-state index in [4.69, 9.17) is 4.74 Å². The van der Waals surface area contributed by atoms with Gasteiger partial charge in [-0.15, -0.1) is 0 Å². The fourth-order valence-corrected chi connectivity index (χ4v) is 10.6. The lowest BCUT2D eigenvalue weighted by Gasteiger charge is -2.58. The Balaban J connectivity index is 0.761. The molecule has 0 aromatic heterocycles. The fourth-order valence-electron chi connectivity index (χ4n) is 10.6. The highest BCUT2D eigenvalue weighted by Crippen LogP contribution is 2.43. The van der Waals surface area contributed by atoms with Crippen LogP contribution in [0, 0.1) is 11.7 Å². The number of piperidine rings is 3. The zero-order chi connectivity index (χ0) is 42.0. The first-order chi connectivity index (χ1) is 29.8. The van der Waals surface area contributed by atoms with E-state index in [9.17, 15) is 19.2 Å². The number of hydrogen-bond acceptors (Lipinski definition) is 9. The standard InChI is InChI=1S/C50H54FN5O5/c1-2-41(34-9-5-3-6-10-34)48(35-11-7-4-8-12-35)36-13-15-40(16-14-36)61-24-23-53-21-19-33(20-22-53)28-55-38-26-39(55)31-54(30-38)45-27-42-37(25-43(45)51)29-56(49(42)46(58)32-57)44-17-18-47(59)52-50(44)60/h3-16,25,27,32-33,38-39,44,49H,2,17-24,26,28-31H2,1H3,(H,52,59,60). The summed E-state index contributed by atoms with van der Waals surface area (Å²) in [6.07, 6.45) is 4.96. The number of benzene rings is 4. The first kappa shape index (κ1) is 40.9. The van der Waals surface area contributed by atoms with Crippen molar-refractivity contribution < 1.29 is 28.3 Å². The number of imide groups is 1. The molecule has 61 heavy (non-hydrogen) atoms. The number of anilines is 1. The molecule has 11 heteroatoms. The molecule has 2 amide bonds. The molecule has 316 valence electrons. The summed E-state index contributed by atoms with van der Waals surface area (Å²) in [5, 5.41) is 2.34. The number of aldehydes is 1. The largest absolute Gasteiger partial charge is 0.492 e. The third-order valence-electron chi connectivity index (χ3n) is 13.7. The van der Waals surface area contributed by atoms with Crippen molar-refractivity contribution in [1.29, 1.82) is 0 Å². The Morgan fingerprint density at radius 3 is 2.20 bits per heavy atom. The summed E-state index contributed by atoms with van der Waals surface area (Å²) in [6.45, 7) is 8.44. The zero-order valence-corrected chi connectivity index (χ0v) is 34.8. The van der Waals surface area contributed by atoms with Gasteiger partial charge >= 0.3 is 0 Å². The second-order valence-electron chi connectivity index (χ2n) is 17.3. The molecule has 0 saturated carbocycles. The first-order valence-electron chi connectivity index (χ1n) is 22.0. The summed E-state index contributed by atoms with van der Waals surface area (Å²) >= 11 is 0. The third kappa shape index (κ3) is 8.43. The maximum atomic E-state index is 15.8. The molecule has 0 spiro atoms. The zero-order valence-electron chi connectivity index (χ0n) is 34.8. The number of ether oxygens (including phenoxy) is 1. The van der Waals surface area contributed by atoms with Gasteiger partial charge in [-0.1, -0.05) is 79.7 Å². The predicted molar refractivity (Wildman–Crippen MR) is 233 cm³/mol. The lowest BCUT2D eigenvalue weighted by Crippen LogP contribution is -2.69. The Morgan fingerprint density at radius 2 is 1.54 bits per heavy atom. The van der Waals surface area contributed by atoms with Crippen LogP contribution in [-0.2, 0) is 25.7 Å². The molecule has 4 aromatic carbocycles. The highest BCUT2D eigenvalue weighted by molar-refractivity contribution is 6.27. The van der Waals surface area contributed by atoms with Gasteiger partial charge in [0, 0.05) is 51.2 Å². The minimum Gasteiger partial charge on any atom is -0.492 e. The van der Waals surface area contributed by atoms with Gasteiger partial charge in [-0.05, 0) is 114 Å². The average Bonchev–Trinajstić information content (AvgIpc) is 3.65. The van der Waals surface area contributed by atoms with Crippen LogP contribution in [0.25, 0.3) is 11.1 Å². The van der Waals surface area contributed by atoms with Crippen LogP contribution >= 0.6 is 0 Å². The quantitative estimate of drug-likeness (QED) is 0.0647. The molecule has 10 nitrogen and oxygen atoms in total. The molecule has 0 radical (unpaired) electrons. The maximum absolute atomic E-state index is 15.8. The molecule has 2 bridgehead atoms. The highest BCUT2D eigenvalue weighted by Gasteiger charge is 2.47. The second-order valence-corrected chi connectivity index (χ2v) is 17.3. The molecule has 6 aliphatic heterocycles. The monoisotopic (exact) mass is 823 g/mol. The summed E-state index contributed by atoms with van der Waals surface area (Å²) in [7, 11) is 0. The number of hydrogen-bond donors (Lipinski definition) is 1. The number of amides is 2. The SMILES string of the molecule is CCC(=C(c1ccccc1)c1ccc(OCCN2CCC(CN3C4CC3CN(c3cc5c(cc3F)CN(C3CCC(=O)NC3=O)C5C(=O)C=O)C4)CC2)cc1)c1ccccc1. The Labute approximate surface area is 357 Å². The second kappa shape index (κ2) is 17.8. The lowest BCUT2D eigenvalue weighted by molar-refractivity contribution is -0.141. The Morgan fingerprint density at radius 1 is 0.869 bits per heavy atom. The Kier molecular flexibility index (Phi) is 12.0. The molecule has 6 heterocycles. The summed E-state index contributed by atoms with van der Waals surface area (Å²) in [4.78, 5) is 58.2. The van der Waals surface area contributed by atoms with Crippen LogP contribution in [0.2, 0.25) is 0 Å². The van der Waals surface area contributed by atoms with Gasteiger partial charge in [0.25, 0.3) is 0 Å². The van der Waals surface area contributed by atoms with Gasteiger partial charge in [-0.25, -0.2) is 4.39 Å². The van der Waals surface area contributed by atoms with E-state index in [2.05, 4.69) is 112 Å². The summed E-state index contributed by atoms with van der Waals surface area (Å²) in [5.74, 6) is -0.385. The molecule has 10 rings (SSSR count). The van der Waals surface area contributed by atoms with Crippen molar-refractivity contribution in [3.8, 4) is 5.75 Å². The van der Waals surface area contributed by atoms with Crippen LogP contribution in [0.5, 0.6) is 5.75 Å². The number of fused-ring (bicyclic) bond motifs is 3. The van der Waals surface area contributed by atoms with Crippen molar-refractivity contribution in [3.05, 3.63) is 131 Å². The number of nitrogens with zero attached hydrogens (tertiary/aromatic N) is 4. The van der Waals surface area contributed by atoms with E-state index in [1.54, 1.807) is 11.0 Å².